The Morgan fingerprint density at radius 1 is 1.20 bits per heavy atom. The highest BCUT2D eigenvalue weighted by atomic mass is 35.5. The van der Waals surface area contributed by atoms with Crippen LogP contribution in [0.5, 0.6) is 5.75 Å². The number of aryl methyl sites for hydroxylation is 1. The number of alkyl halides is 1. The van der Waals surface area contributed by atoms with E-state index in [0.29, 0.717) is 37.5 Å². The van der Waals surface area contributed by atoms with E-state index in [0.717, 1.165) is 0 Å². The molecule has 0 saturated carbocycles. The summed E-state index contributed by atoms with van der Waals surface area (Å²) in [7, 11) is 0. The highest BCUT2D eigenvalue weighted by Crippen LogP contribution is 2.23. The lowest BCUT2D eigenvalue weighted by Gasteiger charge is -2.34. The van der Waals surface area contributed by atoms with Crippen LogP contribution in [0.15, 0.2) is 18.2 Å². The molecule has 1 aliphatic heterocycles. The van der Waals surface area contributed by atoms with Crippen LogP contribution in [0.2, 0.25) is 0 Å². The van der Waals surface area contributed by atoms with Gasteiger partial charge >= 0.3 is 0 Å². The molecule has 0 unspecified atom stereocenters. The SMILES string of the molecule is Cc1cc([N+](=O)[O-])ccc1OCCC(=O)N1CCN(C(=O)CCl)CC1. The Hall–Kier alpha value is -2.35. The third-order valence-corrected chi connectivity index (χ3v) is 4.27. The first-order valence-corrected chi connectivity index (χ1v) is 8.45. The van der Waals surface area contributed by atoms with E-state index in [1.807, 2.05) is 0 Å². The molecule has 1 aromatic rings. The van der Waals surface area contributed by atoms with Gasteiger partial charge in [-0.05, 0) is 18.6 Å². The minimum Gasteiger partial charge on any atom is -0.493 e. The number of nitro groups is 1. The average molecular weight is 370 g/mol. The van der Waals surface area contributed by atoms with E-state index in [4.69, 9.17) is 16.3 Å². The molecule has 1 fully saturated rings. The standard InChI is InChI=1S/C16H20ClN3O5/c1-12-10-13(20(23)24)2-3-14(12)25-9-4-15(21)18-5-7-19(8-6-18)16(22)11-17/h2-3,10H,4-9,11H2,1H3. The van der Waals surface area contributed by atoms with E-state index in [9.17, 15) is 19.7 Å². The largest absolute Gasteiger partial charge is 0.493 e. The number of nitrogens with zero attached hydrogens (tertiary/aromatic N) is 3. The molecule has 1 aromatic carbocycles. The summed E-state index contributed by atoms with van der Waals surface area (Å²) >= 11 is 5.53. The fourth-order valence-corrected chi connectivity index (χ4v) is 2.77. The van der Waals surface area contributed by atoms with E-state index in [2.05, 4.69) is 0 Å². The second kappa shape index (κ2) is 8.66. The zero-order valence-electron chi connectivity index (χ0n) is 13.9. The number of amides is 2. The van der Waals surface area contributed by atoms with Gasteiger partial charge in [-0.15, -0.1) is 11.6 Å². The van der Waals surface area contributed by atoms with Crippen LogP contribution < -0.4 is 4.74 Å². The van der Waals surface area contributed by atoms with Crippen molar-refractivity contribution >= 4 is 29.1 Å². The number of rotatable bonds is 6. The second-order valence-corrected chi connectivity index (χ2v) is 5.97. The van der Waals surface area contributed by atoms with Crippen molar-refractivity contribution < 1.29 is 19.2 Å². The molecule has 0 aromatic heterocycles. The van der Waals surface area contributed by atoms with Gasteiger partial charge in [0, 0.05) is 38.3 Å². The molecule has 0 spiro atoms. The van der Waals surface area contributed by atoms with Crippen molar-refractivity contribution in [1.29, 1.82) is 0 Å². The number of carbonyl (C=O) groups excluding carboxylic acids is 2. The Balaban J connectivity index is 1.78. The van der Waals surface area contributed by atoms with Crippen molar-refractivity contribution in [2.24, 2.45) is 0 Å². The third-order valence-electron chi connectivity index (χ3n) is 4.04. The van der Waals surface area contributed by atoms with Crippen molar-refractivity contribution in [2.45, 2.75) is 13.3 Å². The molecule has 0 bridgehead atoms. The smallest absolute Gasteiger partial charge is 0.269 e. The van der Waals surface area contributed by atoms with Gasteiger partial charge in [-0.3, -0.25) is 19.7 Å². The molecular weight excluding hydrogens is 350 g/mol. The van der Waals surface area contributed by atoms with Gasteiger partial charge in [0.15, 0.2) is 0 Å². The summed E-state index contributed by atoms with van der Waals surface area (Å²) in [4.78, 5) is 37.3. The van der Waals surface area contributed by atoms with E-state index in [1.165, 1.54) is 18.2 Å². The van der Waals surface area contributed by atoms with Gasteiger partial charge in [0.05, 0.1) is 18.0 Å². The molecule has 1 saturated heterocycles. The molecule has 8 nitrogen and oxygen atoms in total. The summed E-state index contributed by atoms with van der Waals surface area (Å²) in [5, 5.41) is 10.7. The van der Waals surface area contributed by atoms with Gasteiger partial charge in [0.25, 0.3) is 5.69 Å². The first kappa shape index (κ1) is 19.0. The third kappa shape index (κ3) is 5.06. The lowest BCUT2D eigenvalue weighted by Crippen LogP contribution is -2.51. The van der Waals surface area contributed by atoms with Crippen molar-refractivity contribution in [1.82, 2.24) is 9.80 Å². The predicted molar refractivity (Wildman–Crippen MR) is 91.8 cm³/mol. The van der Waals surface area contributed by atoms with Crippen LogP contribution in [-0.2, 0) is 9.59 Å². The fraction of sp³-hybridized carbons (Fsp3) is 0.500. The first-order chi connectivity index (χ1) is 11.9. The molecule has 2 amide bonds. The Morgan fingerprint density at radius 2 is 1.80 bits per heavy atom. The molecule has 0 radical (unpaired) electrons. The van der Waals surface area contributed by atoms with E-state index < -0.39 is 4.92 Å². The Labute approximate surface area is 150 Å². The maximum atomic E-state index is 12.2. The Kier molecular flexibility index (Phi) is 6.58. The van der Waals surface area contributed by atoms with Crippen molar-refractivity contribution in [2.75, 3.05) is 38.7 Å². The minimum atomic E-state index is -0.463. The number of non-ortho nitro benzene ring substituents is 1. The van der Waals surface area contributed by atoms with Crippen LogP contribution >= 0.6 is 11.6 Å². The van der Waals surface area contributed by atoms with Gasteiger partial charge in [-0.1, -0.05) is 0 Å². The van der Waals surface area contributed by atoms with Crippen molar-refractivity contribution in [3.63, 3.8) is 0 Å². The molecule has 136 valence electrons. The van der Waals surface area contributed by atoms with Crippen molar-refractivity contribution in [3.8, 4) is 5.75 Å². The van der Waals surface area contributed by atoms with E-state index in [1.54, 1.807) is 16.7 Å². The van der Waals surface area contributed by atoms with Gasteiger partial charge < -0.3 is 14.5 Å². The van der Waals surface area contributed by atoms with E-state index in [-0.39, 0.29) is 36.4 Å². The maximum Gasteiger partial charge on any atom is 0.269 e. The lowest BCUT2D eigenvalue weighted by atomic mass is 10.2. The maximum absolute atomic E-state index is 12.2. The predicted octanol–water partition coefficient (Wildman–Crippen LogP) is 1.58. The molecule has 25 heavy (non-hydrogen) atoms. The number of halogens is 1. The van der Waals surface area contributed by atoms with Gasteiger partial charge in [0.2, 0.25) is 11.8 Å². The molecule has 0 N–H and O–H groups in total. The number of piperazine rings is 1. The average Bonchev–Trinajstić information content (AvgIpc) is 2.62. The zero-order valence-corrected chi connectivity index (χ0v) is 14.7. The number of hydrogen-bond donors (Lipinski definition) is 0. The fourth-order valence-electron chi connectivity index (χ4n) is 2.61. The number of hydrogen-bond acceptors (Lipinski definition) is 5. The normalized spacial score (nSPS) is 14.3. The molecule has 1 aliphatic rings. The Bertz CT molecular complexity index is 659. The summed E-state index contributed by atoms with van der Waals surface area (Å²) in [5.74, 6) is 0.315. The first-order valence-electron chi connectivity index (χ1n) is 7.91. The number of nitro benzene ring substituents is 1. The summed E-state index contributed by atoms with van der Waals surface area (Å²) in [6, 6.07) is 4.34. The number of benzene rings is 1. The number of carbonyl (C=O) groups is 2. The zero-order chi connectivity index (χ0) is 18.4. The summed E-state index contributed by atoms with van der Waals surface area (Å²) < 4.78 is 5.56. The van der Waals surface area contributed by atoms with Crippen LogP contribution in [0.25, 0.3) is 0 Å². The highest BCUT2D eigenvalue weighted by Gasteiger charge is 2.23. The van der Waals surface area contributed by atoms with Crippen LogP contribution in [0.3, 0.4) is 0 Å². The summed E-state index contributed by atoms with van der Waals surface area (Å²) in [6.07, 6.45) is 0.208. The van der Waals surface area contributed by atoms with Gasteiger partial charge in [0.1, 0.15) is 11.6 Å². The topological polar surface area (TPSA) is 93.0 Å². The van der Waals surface area contributed by atoms with Crippen molar-refractivity contribution in [3.05, 3.63) is 33.9 Å². The number of ether oxygens (including phenoxy) is 1. The summed E-state index contributed by atoms with van der Waals surface area (Å²) in [6.45, 7) is 3.85. The summed E-state index contributed by atoms with van der Waals surface area (Å²) in [5.41, 5.74) is 0.653. The molecule has 0 aliphatic carbocycles. The van der Waals surface area contributed by atoms with E-state index >= 15 is 0 Å². The lowest BCUT2D eigenvalue weighted by molar-refractivity contribution is -0.384. The van der Waals surface area contributed by atoms with Crippen LogP contribution in [0.1, 0.15) is 12.0 Å². The molecule has 1 heterocycles. The monoisotopic (exact) mass is 369 g/mol. The quantitative estimate of drug-likeness (QED) is 0.431. The van der Waals surface area contributed by atoms with Gasteiger partial charge in [-0.2, -0.15) is 0 Å². The Morgan fingerprint density at radius 3 is 2.32 bits per heavy atom. The second-order valence-electron chi connectivity index (χ2n) is 5.70. The molecule has 2 rings (SSSR count). The van der Waals surface area contributed by atoms with Gasteiger partial charge in [-0.25, -0.2) is 0 Å². The molecular formula is C16H20ClN3O5. The van der Waals surface area contributed by atoms with Crippen LogP contribution in [0.4, 0.5) is 5.69 Å². The van der Waals surface area contributed by atoms with Crippen LogP contribution in [-0.4, -0.2) is 65.2 Å². The van der Waals surface area contributed by atoms with Crippen LogP contribution in [0, 0.1) is 17.0 Å². The highest BCUT2D eigenvalue weighted by molar-refractivity contribution is 6.27. The minimum absolute atomic E-state index is 0.00490. The molecule has 9 heteroatoms. The molecule has 0 atom stereocenters.